The molecule has 1 saturated carbocycles. The highest BCUT2D eigenvalue weighted by Gasteiger charge is 2.22. The fourth-order valence-electron chi connectivity index (χ4n) is 2.87. The topological polar surface area (TPSA) is 17.1 Å². The zero-order chi connectivity index (χ0) is 11.4. The molecule has 1 aromatic carbocycles. The number of rotatable bonds is 3. The number of carbonyl (C=O) groups is 1. The maximum absolute atomic E-state index is 11.0. The van der Waals surface area contributed by atoms with Crippen LogP contribution in [0.15, 0.2) is 24.3 Å². The van der Waals surface area contributed by atoms with Crippen LogP contribution >= 0.6 is 0 Å². The average molecular weight is 216 g/mol. The van der Waals surface area contributed by atoms with Crippen molar-refractivity contribution >= 4 is 6.29 Å². The van der Waals surface area contributed by atoms with Crippen LogP contribution in [-0.2, 0) is 0 Å². The van der Waals surface area contributed by atoms with E-state index in [1.807, 2.05) is 18.2 Å². The van der Waals surface area contributed by atoms with Crippen LogP contribution in [-0.4, -0.2) is 6.29 Å². The third kappa shape index (κ3) is 2.34. The molecule has 1 nitrogen and oxygen atoms in total. The van der Waals surface area contributed by atoms with Gasteiger partial charge in [0.15, 0.2) is 0 Å². The van der Waals surface area contributed by atoms with E-state index < -0.39 is 0 Å². The van der Waals surface area contributed by atoms with Crippen molar-refractivity contribution in [2.24, 2.45) is 5.92 Å². The molecule has 0 amide bonds. The van der Waals surface area contributed by atoms with E-state index in [9.17, 15) is 4.79 Å². The van der Waals surface area contributed by atoms with Gasteiger partial charge in [0.25, 0.3) is 0 Å². The highest BCUT2D eigenvalue weighted by molar-refractivity contribution is 5.77. The maximum atomic E-state index is 11.0. The molecule has 0 heterocycles. The minimum atomic E-state index is 0.615. The van der Waals surface area contributed by atoms with Gasteiger partial charge in [-0.2, -0.15) is 0 Å². The van der Waals surface area contributed by atoms with E-state index in [2.05, 4.69) is 13.0 Å². The molecule has 1 fully saturated rings. The summed E-state index contributed by atoms with van der Waals surface area (Å²) >= 11 is 0. The highest BCUT2D eigenvalue weighted by atomic mass is 16.1. The summed E-state index contributed by atoms with van der Waals surface area (Å²) in [6.07, 6.45) is 7.47. The molecular weight excluding hydrogens is 196 g/mol. The van der Waals surface area contributed by atoms with Crippen molar-refractivity contribution in [3.63, 3.8) is 0 Å². The molecule has 0 N–H and O–H groups in total. The normalized spacial score (nSPS) is 25.3. The van der Waals surface area contributed by atoms with Gasteiger partial charge in [0.1, 0.15) is 6.29 Å². The largest absolute Gasteiger partial charge is 0.298 e. The molecule has 0 bridgehead atoms. The first-order valence-corrected chi connectivity index (χ1v) is 6.39. The lowest BCUT2D eigenvalue weighted by molar-refractivity contribution is 0.112. The van der Waals surface area contributed by atoms with Crippen molar-refractivity contribution in [2.45, 2.75) is 44.9 Å². The Morgan fingerprint density at radius 3 is 2.50 bits per heavy atom. The zero-order valence-electron chi connectivity index (χ0n) is 9.99. The van der Waals surface area contributed by atoms with Gasteiger partial charge in [0, 0.05) is 5.56 Å². The van der Waals surface area contributed by atoms with Crippen LogP contribution in [0.3, 0.4) is 0 Å². The predicted octanol–water partition coefficient (Wildman–Crippen LogP) is 4.18. The molecule has 0 atom stereocenters. The van der Waals surface area contributed by atoms with E-state index in [-0.39, 0.29) is 0 Å². The summed E-state index contributed by atoms with van der Waals surface area (Å²) in [4.78, 5) is 11.0. The van der Waals surface area contributed by atoms with Crippen LogP contribution in [0, 0.1) is 5.92 Å². The molecule has 2 rings (SSSR count). The van der Waals surface area contributed by atoms with Crippen molar-refractivity contribution in [3.05, 3.63) is 35.4 Å². The monoisotopic (exact) mass is 216 g/mol. The van der Waals surface area contributed by atoms with Crippen molar-refractivity contribution in [2.75, 3.05) is 0 Å². The first-order valence-electron chi connectivity index (χ1n) is 6.39. The lowest BCUT2D eigenvalue weighted by Gasteiger charge is -2.28. The molecule has 0 spiro atoms. The summed E-state index contributed by atoms with van der Waals surface area (Å²) in [7, 11) is 0. The van der Waals surface area contributed by atoms with Crippen LogP contribution < -0.4 is 0 Å². The molecule has 1 heteroatoms. The summed E-state index contributed by atoms with van der Waals surface area (Å²) in [5.74, 6) is 1.53. The summed E-state index contributed by atoms with van der Waals surface area (Å²) in [6, 6.07) is 8.06. The zero-order valence-corrected chi connectivity index (χ0v) is 9.99. The number of hydrogen-bond donors (Lipinski definition) is 0. The molecule has 0 saturated heterocycles. The highest BCUT2D eigenvalue weighted by Crippen LogP contribution is 2.37. The summed E-state index contributed by atoms with van der Waals surface area (Å²) in [5, 5.41) is 0. The minimum absolute atomic E-state index is 0.615. The first-order chi connectivity index (χ1) is 7.85. The van der Waals surface area contributed by atoms with Gasteiger partial charge in [-0.1, -0.05) is 37.6 Å². The van der Waals surface area contributed by atoms with Crippen LogP contribution in [0.1, 0.15) is 60.9 Å². The second-order valence-corrected chi connectivity index (χ2v) is 4.87. The second kappa shape index (κ2) is 5.29. The Labute approximate surface area is 97.9 Å². The van der Waals surface area contributed by atoms with E-state index in [0.29, 0.717) is 5.92 Å². The Morgan fingerprint density at radius 2 is 1.88 bits per heavy atom. The first kappa shape index (κ1) is 11.4. The fourth-order valence-corrected chi connectivity index (χ4v) is 2.87. The molecule has 86 valence electrons. The van der Waals surface area contributed by atoms with Gasteiger partial charge in [-0.15, -0.1) is 0 Å². The van der Waals surface area contributed by atoms with E-state index >= 15 is 0 Å². The van der Waals surface area contributed by atoms with Crippen molar-refractivity contribution in [1.82, 2.24) is 0 Å². The number of carbonyl (C=O) groups excluding carboxylic acids is 1. The van der Waals surface area contributed by atoms with Crippen molar-refractivity contribution < 1.29 is 4.79 Å². The summed E-state index contributed by atoms with van der Waals surface area (Å²) < 4.78 is 0. The standard InChI is InChI=1S/C15H20O/c1-2-12-7-9-13(10-8-12)15-6-4-3-5-14(15)11-16/h3-6,11-13H,2,7-10H2,1H3. The molecular formula is C15H20O. The Balaban J connectivity index is 2.10. The van der Waals surface area contributed by atoms with Crippen LogP contribution in [0.25, 0.3) is 0 Å². The number of hydrogen-bond acceptors (Lipinski definition) is 1. The third-order valence-corrected chi connectivity index (χ3v) is 3.99. The van der Waals surface area contributed by atoms with Gasteiger partial charge >= 0.3 is 0 Å². The second-order valence-electron chi connectivity index (χ2n) is 4.87. The van der Waals surface area contributed by atoms with E-state index in [0.717, 1.165) is 17.8 Å². The van der Waals surface area contributed by atoms with Gasteiger partial charge in [-0.25, -0.2) is 0 Å². The van der Waals surface area contributed by atoms with Gasteiger partial charge in [-0.3, -0.25) is 4.79 Å². The molecule has 0 unspecified atom stereocenters. The third-order valence-electron chi connectivity index (χ3n) is 3.99. The summed E-state index contributed by atoms with van der Waals surface area (Å²) in [5.41, 5.74) is 2.16. The fraction of sp³-hybridized carbons (Fsp3) is 0.533. The van der Waals surface area contributed by atoms with Gasteiger partial charge in [0.05, 0.1) is 0 Å². The molecule has 1 aromatic rings. The van der Waals surface area contributed by atoms with Gasteiger partial charge in [0.2, 0.25) is 0 Å². The van der Waals surface area contributed by atoms with Crippen molar-refractivity contribution in [1.29, 1.82) is 0 Å². The summed E-state index contributed by atoms with van der Waals surface area (Å²) in [6.45, 7) is 2.28. The van der Waals surface area contributed by atoms with Gasteiger partial charge < -0.3 is 0 Å². The van der Waals surface area contributed by atoms with Crippen LogP contribution in [0.2, 0.25) is 0 Å². The van der Waals surface area contributed by atoms with E-state index in [1.54, 1.807) is 0 Å². The number of benzene rings is 1. The Hall–Kier alpha value is -1.11. The SMILES string of the molecule is CCC1CCC(c2ccccc2C=O)CC1. The molecule has 0 aromatic heterocycles. The molecule has 0 radical (unpaired) electrons. The van der Waals surface area contributed by atoms with Crippen LogP contribution in [0.5, 0.6) is 0 Å². The molecule has 0 aliphatic heterocycles. The molecule has 1 aliphatic rings. The predicted molar refractivity (Wildman–Crippen MR) is 66.8 cm³/mol. The molecule has 16 heavy (non-hydrogen) atoms. The van der Waals surface area contributed by atoms with E-state index in [1.165, 1.54) is 37.7 Å². The maximum Gasteiger partial charge on any atom is 0.150 e. The quantitative estimate of drug-likeness (QED) is 0.693. The van der Waals surface area contributed by atoms with Crippen LogP contribution in [0.4, 0.5) is 0 Å². The van der Waals surface area contributed by atoms with Gasteiger partial charge in [-0.05, 0) is 43.1 Å². The number of aldehydes is 1. The van der Waals surface area contributed by atoms with Crippen molar-refractivity contribution in [3.8, 4) is 0 Å². The Kier molecular flexibility index (Phi) is 3.76. The molecule has 1 aliphatic carbocycles. The average Bonchev–Trinajstić information content (AvgIpc) is 2.39. The minimum Gasteiger partial charge on any atom is -0.298 e. The lowest BCUT2D eigenvalue weighted by Crippen LogP contribution is -2.13. The van der Waals surface area contributed by atoms with E-state index in [4.69, 9.17) is 0 Å². The Bertz CT molecular complexity index is 348. The Morgan fingerprint density at radius 1 is 1.19 bits per heavy atom. The lowest BCUT2D eigenvalue weighted by atomic mass is 9.77. The smallest absolute Gasteiger partial charge is 0.150 e.